The van der Waals surface area contributed by atoms with Crippen LogP contribution in [0.25, 0.3) is 5.69 Å². The molecule has 0 fully saturated rings. The first-order valence-electron chi connectivity index (χ1n) is 7.37. The van der Waals surface area contributed by atoms with Gasteiger partial charge in [0.2, 0.25) is 0 Å². The Kier molecular flexibility index (Phi) is 4.56. The average Bonchev–Trinajstić information content (AvgIpc) is 3.14. The number of hydrogen-bond acceptors (Lipinski definition) is 3. The second-order valence-corrected chi connectivity index (χ2v) is 5.24. The van der Waals surface area contributed by atoms with Crippen molar-refractivity contribution in [2.45, 2.75) is 12.8 Å². The van der Waals surface area contributed by atoms with Crippen molar-refractivity contribution in [2.75, 3.05) is 0 Å². The van der Waals surface area contributed by atoms with Crippen LogP contribution in [0.5, 0.6) is 0 Å². The largest absolute Gasteiger partial charge is 0.457 e. The minimum atomic E-state index is -4.61. The van der Waals surface area contributed by atoms with Crippen molar-refractivity contribution in [1.82, 2.24) is 9.78 Å². The van der Waals surface area contributed by atoms with E-state index in [-0.39, 0.29) is 6.61 Å². The first-order chi connectivity index (χ1) is 11.9. The van der Waals surface area contributed by atoms with Crippen molar-refractivity contribution in [1.29, 1.82) is 0 Å². The van der Waals surface area contributed by atoms with Gasteiger partial charge in [0.1, 0.15) is 6.61 Å². The van der Waals surface area contributed by atoms with Crippen LogP contribution in [0.15, 0.2) is 67.0 Å². The van der Waals surface area contributed by atoms with Crippen molar-refractivity contribution >= 4 is 5.97 Å². The summed E-state index contributed by atoms with van der Waals surface area (Å²) in [5.41, 5.74) is -0.0200. The molecule has 0 amide bonds. The van der Waals surface area contributed by atoms with Crippen molar-refractivity contribution in [2.24, 2.45) is 0 Å². The molecule has 0 saturated carbocycles. The predicted octanol–water partition coefficient (Wildman–Crippen LogP) is 4.25. The third kappa shape index (κ3) is 3.88. The van der Waals surface area contributed by atoms with E-state index in [2.05, 4.69) is 5.10 Å². The quantitative estimate of drug-likeness (QED) is 0.664. The van der Waals surface area contributed by atoms with Crippen LogP contribution in [-0.2, 0) is 17.5 Å². The fourth-order valence-corrected chi connectivity index (χ4v) is 2.30. The van der Waals surface area contributed by atoms with E-state index in [9.17, 15) is 18.0 Å². The number of aromatic nitrogens is 2. The highest BCUT2D eigenvalue weighted by Gasteiger charge is 2.35. The van der Waals surface area contributed by atoms with Crippen LogP contribution in [0, 0.1) is 0 Å². The summed E-state index contributed by atoms with van der Waals surface area (Å²) in [6, 6.07) is 13.3. The third-order valence-electron chi connectivity index (χ3n) is 3.53. The van der Waals surface area contributed by atoms with Crippen LogP contribution in [0.1, 0.15) is 21.5 Å². The second-order valence-electron chi connectivity index (χ2n) is 5.24. The highest BCUT2D eigenvalue weighted by atomic mass is 19.4. The first-order valence-corrected chi connectivity index (χ1v) is 7.37. The summed E-state index contributed by atoms with van der Waals surface area (Å²) in [7, 11) is 0. The molecule has 0 unspecified atom stereocenters. The molecule has 0 aliphatic heterocycles. The van der Waals surface area contributed by atoms with Crippen molar-refractivity contribution in [3.8, 4) is 5.69 Å². The molecule has 0 aliphatic carbocycles. The molecular weight excluding hydrogens is 333 g/mol. The Morgan fingerprint density at radius 3 is 2.40 bits per heavy atom. The molecule has 0 aliphatic rings. The summed E-state index contributed by atoms with van der Waals surface area (Å²) in [6.07, 6.45) is -1.18. The van der Waals surface area contributed by atoms with Crippen LogP contribution in [0.2, 0.25) is 0 Å². The summed E-state index contributed by atoms with van der Waals surface area (Å²) in [4.78, 5) is 12.0. The number of nitrogens with zero attached hydrogens (tertiary/aromatic N) is 2. The van der Waals surface area contributed by atoms with E-state index < -0.39 is 23.3 Å². The van der Waals surface area contributed by atoms with Gasteiger partial charge < -0.3 is 4.74 Å². The zero-order valence-electron chi connectivity index (χ0n) is 12.9. The molecule has 0 saturated heterocycles. The van der Waals surface area contributed by atoms with E-state index in [1.165, 1.54) is 12.1 Å². The zero-order valence-corrected chi connectivity index (χ0v) is 12.9. The van der Waals surface area contributed by atoms with Crippen molar-refractivity contribution < 1.29 is 22.7 Å². The molecule has 4 nitrogen and oxygen atoms in total. The van der Waals surface area contributed by atoms with Crippen LogP contribution < -0.4 is 0 Å². The van der Waals surface area contributed by atoms with Gasteiger partial charge in [-0.05, 0) is 35.9 Å². The molecule has 1 aromatic heterocycles. The Labute approximate surface area is 141 Å². The van der Waals surface area contributed by atoms with E-state index in [4.69, 9.17) is 4.74 Å². The highest BCUT2D eigenvalue weighted by molar-refractivity contribution is 5.91. The lowest BCUT2D eigenvalue weighted by Crippen LogP contribution is -2.15. The molecule has 128 valence electrons. The van der Waals surface area contributed by atoms with Gasteiger partial charge >= 0.3 is 12.1 Å². The van der Waals surface area contributed by atoms with E-state index >= 15 is 0 Å². The molecule has 7 heteroatoms. The fourth-order valence-electron chi connectivity index (χ4n) is 2.30. The summed E-state index contributed by atoms with van der Waals surface area (Å²) >= 11 is 0. The van der Waals surface area contributed by atoms with Gasteiger partial charge in [0.15, 0.2) is 0 Å². The maximum absolute atomic E-state index is 12.9. The number of rotatable bonds is 4. The number of carbonyl (C=O) groups excluding carboxylic acids is 1. The maximum Gasteiger partial charge on any atom is 0.417 e. The number of ether oxygens (including phenoxy) is 1. The lowest BCUT2D eigenvalue weighted by atomic mass is 10.1. The van der Waals surface area contributed by atoms with Gasteiger partial charge in [-0.1, -0.05) is 24.3 Å². The molecule has 3 rings (SSSR count). The van der Waals surface area contributed by atoms with Gasteiger partial charge in [-0.25, -0.2) is 9.48 Å². The molecule has 1 heterocycles. The minimum Gasteiger partial charge on any atom is -0.457 e. The smallest absolute Gasteiger partial charge is 0.417 e. The number of esters is 1. The van der Waals surface area contributed by atoms with Gasteiger partial charge in [0.25, 0.3) is 0 Å². The molecule has 3 aromatic rings. The number of benzene rings is 2. The predicted molar refractivity (Wildman–Crippen MR) is 84.1 cm³/mol. The van der Waals surface area contributed by atoms with E-state index in [1.807, 2.05) is 0 Å². The lowest BCUT2D eigenvalue weighted by molar-refractivity contribution is -0.138. The highest BCUT2D eigenvalue weighted by Crippen LogP contribution is 2.32. The Morgan fingerprint density at radius 1 is 1.04 bits per heavy atom. The fraction of sp³-hybridized carbons (Fsp3) is 0.111. The Bertz CT molecular complexity index is 857. The van der Waals surface area contributed by atoms with Crippen LogP contribution in [-0.4, -0.2) is 15.7 Å². The third-order valence-corrected chi connectivity index (χ3v) is 3.53. The molecule has 0 N–H and O–H groups in total. The summed E-state index contributed by atoms with van der Waals surface area (Å²) in [6.45, 7) is -0.121. The van der Waals surface area contributed by atoms with Crippen LogP contribution in [0.4, 0.5) is 13.2 Å². The minimum absolute atomic E-state index is 0.121. The Hall–Kier alpha value is -3.09. The molecule has 25 heavy (non-hydrogen) atoms. The van der Waals surface area contributed by atoms with Gasteiger partial charge in [-0.15, -0.1) is 0 Å². The Morgan fingerprint density at radius 2 is 1.76 bits per heavy atom. The normalized spacial score (nSPS) is 11.3. The number of halogens is 3. The molecule has 0 spiro atoms. The standard InChI is InChI=1S/C18H13F3N2O2/c19-18(20,21)16-5-2-1-4-15(16)17(24)25-12-13-6-8-14(9-7-13)23-11-3-10-22-23/h1-11H,12H2. The first kappa shape index (κ1) is 16.8. The molecule has 0 bridgehead atoms. The maximum atomic E-state index is 12.9. The van der Waals surface area contributed by atoms with E-state index in [0.29, 0.717) is 5.56 Å². The van der Waals surface area contributed by atoms with Gasteiger partial charge in [0, 0.05) is 12.4 Å². The summed E-state index contributed by atoms with van der Waals surface area (Å²) in [5, 5.41) is 4.09. The second kappa shape index (κ2) is 6.80. The topological polar surface area (TPSA) is 44.1 Å². The summed E-state index contributed by atoms with van der Waals surface area (Å²) in [5.74, 6) is -1.01. The van der Waals surface area contributed by atoms with E-state index in [1.54, 1.807) is 47.4 Å². The van der Waals surface area contributed by atoms with Gasteiger partial charge in [0.05, 0.1) is 16.8 Å². The van der Waals surface area contributed by atoms with Gasteiger partial charge in [-0.2, -0.15) is 18.3 Å². The lowest BCUT2D eigenvalue weighted by Gasteiger charge is -2.12. The molecular formula is C18H13F3N2O2. The van der Waals surface area contributed by atoms with Crippen molar-refractivity contribution in [3.05, 3.63) is 83.7 Å². The van der Waals surface area contributed by atoms with Crippen molar-refractivity contribution in [3.63, 3.8) is 0 Å². The van der Waals surface area contributed by atoms with E-state index in [0.717, 1.165) is 17.8 Å². The molecule has 2 aromatic carbocycles. The summed E-state index contributed by atoms with van der Waals surface area (Å²) < 4.78 is 45.5. The number of alkyl halides is 3. The average molecular weight is 346 g/mol. The molecule has 0 radical (unpaired) electrons. The van der Waals surface area contributed by atoms with Gasteiger partial charge in [-0.3, -0.25) is 0 Å². The monoisotopic (exact) mass is 346 g/mol. The zero-order chi connectivity index (χ0) is 17.9. The Balaban J connectivity index is 1.69. The molecule has 0 atom stereocenters. The number of carbonyl (C=O) groups is 1. The SMILES string of the molecule is O=C(OCc1ccc(-n2cccn2)cc1)c1ccccc1C(F)(F)F. The van der Waals surface area contributed by atoms with Crippen LogP contribution in [0.3, 0.4) is 0 Å². The number of hydrogen-bond donors (Lipinski definition) is 0. The van der Waals surface area contributed by atoms with Crippen LogP contribution >= 0.6 is 0 Å².